The Labute approximate surface area is 212 Å². The maximum atomic E-state index is 12.9. The maximum absolute atomic E-state index is 12.9. The minimum Gasteiger partial charge on any atom is -0.480 e. The Morgan fingerprint density at radius 3 is 2.11 bits per heavy atom. The van der Waals surface area contributed by atoms with Crippen molar-refractivity contribution in [2.75, 3.05) is 6.61 Å². The number of benzene rings is 1. The van der Waals surface area contributed by atoms with Gasteiger partial charge in [0.05, 0.1) is 19.0 Å². The molecule has 1 aromatic heterocycles. The number of rotatable bonds is 15. The number of aromatic nitrogens is 2. The van der Waals surface area contributed by atoms with Gasteiger partial charge >= 0.3 is 5.97 Å². The summed E-state index contributed by atoms with van der Waals surface area (Å²) in [6, 6.07) is 3.72. The molecular formula is C23H31N7O7. The lowest BCUT2D eigenvalue weighted by Crippen LogP contribution is -2.58. The molecule has 4 amide bonds. The van der Waals surface area contributed by atoms with Crippen molar-refractivity contribution in [1.29, 1.82) is 0 Å². The number of amides is 4. The Balaban J connectivity index is 2.04. The minimum atomic E-state index is -1.54. The second-order valence-electron chi connectivity index (χ2n) is 8.29. The lowest BCUT2D eigenvalue weighted by atomic mass is 10.0. The molecule has 0 bridgehead atoms. The molecule has 14 nitrogen and oxygen atoms in total. The fourth-order valence-corrected chi connectivity index (χ4v) is 3.35. The average Bonchev–Trinajstić information content (AvgIpc) is 3.37. The molecule has 2 aromatic rings. The molecule has 0 saturated carbocycles. The third-order valence-electron chi connectivity index (χ3n) is 5.36. The fraction of sp³-hybridized carbons (Fsp3) is 0.391. The number of primary amides is 1. The molecule has 0 aliphatic heterocycles. The van der Waals surface area contributed by atoms with E-state index in [1.807, 2.05) is 6.07 Å². The highest BCUT2D eigenvalue weighted by molar-refractivity contribution is 5.94. The van der Waals surface area contributed by atoms with Gasteiger partial charge in [-0.3, -0.25) is 19.2 Å². The number of carbonyl (C=O) groups is 5. The van der Waals surface area contributed by atoms with E-state index in [1.165, 1.54) is 12.5 Å². The predicted molar refractivity (Wildman–Crippen MR) is 129 cm³/mol. The van der Waals surface area contributed by atoms with E-state index in [9.17, 15) is 34.2 Å². The molecule has 0 spiro atoms. The van der Waals surface area contributed by atoms with Crippen LogP contribution < -0.4 is 27.4 Å². The topological polar surface area (TPSA) is 243 Å². The summed E-state index contributed by atoms with van der Waals surface area (Å²) in [7, 11) is 0. The molecule has 0 aliphatic carbocycles. The van der Waals surface area contributed by atoms with Gasteiger partial charge in [-0.2, -0.15) is 0 Å². The summed E-state index contributed by atoms with van der Waals surface area (Å²) in [5.74, 6) is -4.60. The summed E-state index contributed by atoms with van der Waals surface area (Å²) in [5, 5.41) is 26.0. The summed E-state index contributed by atoms with van der Waals surface area (Å²) < 4.78 is 0. The van der Waals surface area contributed by atoms with Crippen LogP contribution in [0.1, 0.15) is 24.1 Å². The summed E-state index contributed by atoms with van der Waals surface area (Å²) in [5.41, 5.74) is 12.4. The van der Waals surface area contributed by atoms with Crippen molar-refractivity contribution in [2.24, 2.45) is 11.5 Å². The Morgan fingerprint density at radius 2 is 1.54 bits per heavy atom. The van der Waals surface area contributed by atoms with Crippen LogP contribution in [0.4, 0.5) is 0 Å². The number of aromatic amines is 1. The lowest BCUT2D eigenvalue weighted by Gasteiger charge is -2.24. The third kappa shape index (κ3) is 9.70. The molecule has 4 unspecified atom stereocenters. The van der Waals surface area contributed by atoms with Gasteiger partial charge in [0.1, 0.15) is 18.1 Å². The number of carboxylic acids is 1. The molecule has 4 atom stereocenters. The van der Waals surface area contributed by atoms with Crippen LogP contribution in [0.15, 0.2) is 42.9 Å². The Morgan fingerprint density at radius 1 is 0.919 bits per heavy atom. The van der Waals surface area contributed by atoms with Gasteiger partial charge in [-0.15, -0.1) is 0 Å². The van der Waals surface area contributed by atoms with Crippen LogP contribution in [0.25, 0.3) is 0 Å². The van der Waals surface area contributed by atoms with E-state index in [0.717, 1.165) is 5.56 Å². The third-order valence-corrected chi connectivity index (χ3v) is 5.36. The summed E-state index contributed by atoms with van der Waals surface area (Å²) in [6.45, 7) is -0.863. The zero-order valence-corrected chi connectivity index (χ0v) is 19.9. The highest BCUT2D eigenvalue weighted by atomic mass is 16.4. The lowest BCUT2D eigenvalue weighted by molar-refractivity contribution is -0.142. The SMILES string of the molecule is NC(=O)CCC(NC(=O)C(N)Cc1ccccc1)C(=O)NC(CO)C(=O)NC(Cc1cnc[nH]1)C(=O)O. The van der Waals surface area contributed by atoms with Crippen molar-refractivity contribution >= 4 is 29.6 Å². The molecule has 0 radical (unpaired) electrons. The number of aliphatic hydroxyl groups excluding tert-OH is 1. The molecule has 0 saturated heterocycles. The van der Waals surface area contributed by atoms with Gasteiger partial charge in [0, 0.05) is 24.7 Å². The largest absolute Gasteiger partial charge is 0.480 e. The van der Waals surface area contributed by atoms with E-state index < -0.39 is 60.4 Å². The van der Waals surface area contributed by atoms with Crippen LogP contribution in [0.2, 0.25) is 0 Å². The normalized spacial score (nSPS) is 14.0. The number of nitrogens with one attached hydrogen (secondary N) is 4. The van der Waals surface area contributed by atoms with Crippen molar-refractivity contribution in [2.45, 2.75) is 49.9 Å². The van der Waals surface area contributed by atoms with Gasteiger partial charge in [-0.1, -0.05) is 30.3 Å². The van der Waals surface area contributed by atoms with Crippen LogP contribution in [-0.2, 0) is 36.8 Å². The van der Waals surface area contributed by atoms with Gasteiger partial charge < -0.3 is 42.6 Å². The first-order chi connectivity index (χ1) is 17.6. The number of hydrogen-bond donors (Lipinski definition) is 8. The number of carbonyl (C=O) groups excluding carboxylic acids is 4. The number of imidazole rings is 1. The van der Waals surface area contributed by atoms with Crippen molar-refractivity contribution in [1.82, 2.24) is 25.9 Å². The molecule has 200 valence electrons. The molecule has 0 aliphatic rings. The van der Waals surface area contributed by atoms with Gasteiger partial charge in [0.2, 0.25) is 23.6 Å². The summed E-state index contributed by atoms with van der Waals surface area (Å²) in [4.78, 5) is 67.5. The molecule has 37 heavy (non-hydrogen) atoms. The predicted octanol–water partition coefficient (Wildman–Crippen LogP) is -2.68. The molecule has 2 rings (SSSR count). The van der Waals surface area contributed by atoms with Gasteiger partial charge in [0.15, 0.2) is 0 Å². The highest BCUT2D eigenvalue weighted by Gasteiger charge is 2.30. The second kappa shape index (κ2) is 14.3. The smallest absolute Gasteiger partial charge is 0.326 e. The summed E-state index contributed by atoms with van der Waals surface area (Å²) >= 11 is 0. The number of hydrogen-bond acceptors (Lipinski definition) is 8. The Bertz CT molecular complexity index is 1060. The van der Waals surface area contributed by atoms with Crippen molar-refractivity contribution in [3.63, 3.8) is 0 Å². The monoisotopic (exact) mass is 517 g/mol. The zero-order valence-electron chi connectivity index (χ0n) is 19.9. The first-order valence-electron chi connectivity index (χ1n) is 11.4. The highest BCUT2D eigenvalue weighted by Crippen LogP contribution is 2.05. The van der Waals surface area contributed by atoms with Crippen molar-refractivity contribution in [3.8, 4) is 0 Å². The van der Waals surface area contributed by atoms with E-state index in [2.05, 4.69) is 25.9 Å². The molecule has 14 heteroatoms. The first-order valence-corrected chi connectivity index (χ1v) is 11.4. The first kappa shape index (κ1) is 28.9. The van der Waals surface area contributed by atoms with Crippen molar-refractivity contribution in [3.05, 3.63) is 54.1 Å². The average molecular weight is 518 g/mol. The fourth-order valence-electron chi connectivity index (χ4n) is 3.35. The van der Waals surface area contributed by atoms with E-state index in [1.54, 1.807) is 24.3 Å². The quantitative estimate of drug-likeness (QED) is 0.122. The number of aliphatic carboxylic acids is 1. The molecule has 1 aromatic carbocycles. The Kier molecular flexibility index (Phi) is 11.2. The van der Waals surface area contributed by atoms with Crippen LogP contribution >= 0.6 is 0 Å². The number of aliphatic hydroxyl groups is 1. The van der Waals surface area contributed by atoms with Crippen LogP contribution in [0.5, 0.6) is 0 Å². The van der Waals surface area contributed by atoms with Gasteiger partial charge in [-0.05, 0) is 18.4 Å². The molecule has 1 heterocycles. The van der Waals surface area contributed by atoms with Crippen molar-refractivity contribution < 1.29 is 34.2 Å². The van der Waals surface area contributed by atoms with Crippen LogP contribution in [0.3, 0.4) is 0 Å². The standard InChI is InChI=1S/C23H31N7O7/c24-15(8-13-4-2-1-3-5-13)20(33)28-16(6-7-19(25)32)21(34)30-18(11-31)22(35)29-17(23(36)37)9-14-10-26-12-27-14/h1-5,10,12,15-18,31H,6-9,11,24H2,(H2,25,32)(H,26,27)(H,28,33)(H,29,35)(H,30,34)(H,36,37). The number of carboxylic acid groups (broad SMARTS) is 1. The van der Waals surface area contributed by atoms with E-state index in [4.69, 9.17) is 11.5 Å². The number of H-pyrrole nitrogens is 1. The number of nitrogens with zero attached hydrogens (tertiary/aromatic N) is 1. The molecule has 10 N–H and O–H groups in total. The van der Waals surface area contributed by atoms with E-state index >= 15 is 0 Å². The molecular weight excluding hydrogens is 486 g/mol. The maximum Gasteiger partial charge on any atom is 0.326 e. The number of nitrogens with two attached hydrogens (primary N) is 2. The Hall–Kier alpha value is -4.30. The summed E-state index contributed by atoms with van der Waals surface area (Å²) in [6.07, 6.45) is 2.35. The second-order valence-corrected chi connectivity index (χ2v) is 8.29. The van der Waals surface area contributed by atoms with E-state index in [-0.39, 0.29) is 25.7 Å². The van der Waals surface area contributed by atoms with Gasteiger partial charge in [0.25, 0.3) is 0 Å². The zero-order chi connectivity index (χ0) is 27.4. The van der Waals surface area contributed by atoms with Crippen LogP contribution in [0, 0.1) is 0 Å². The van der Waals surface area contributed by atoms with Crippen LogP contribution in [-0.4, -0.2) is 80.6 Å². The molecule has 0 fully saturated rings. The minimum absolute atomic E-state index is 0.121. The van der Waals surface area contributed by atoms with Gasteiger partial charge in [-0.25, -0.2) is 9.78 Å². The van der Waals surface area contributed by atoms with E-state index in [0.29, 0.717) is 5.69 Å².